The maximum atomic E-state index is 11.6. The second kappa shape index (κ2) is 7.16. The van der Waals surface area contributed by atoms with E-state index < -0.39 is 0 Å². The fraction of sp³-hybridized carbons (Fsp3) is 0.250. The van der Waals surface area contributed by atoms with Crippen LogP contribution in [0.15, 0.2) is 41.2 Å². The van der Waals surface area contributed by atoms with Crippen LogP contribution in [0.1, 0.15) is 6.42 Å². The quantitative estimate of drug-likeness (QED) is 0.530. The zero-order chi connectivity index (χ0) is 12.5. The Balaban J connectivity index is 2.76. The molecule has 0 fully saturated rings. The molecule has 1 amide bonds. The van der Waals surface area contributed by atoms with E-state index in [-0.39, 0.29) is 18.1 Å². The van der Waals surface area contributed by atoms with Gasteiger partial charge in [-0.05, 0) is 6.08 Å². The van der Waals surface area contributed by atoms with E-state index in [0.717, 1.165) is 5.71 Å². The van der Waals surface area contributed by atoms with Crippen molar-refractivity contribution in [2.45, 2.75) is 6.42 Å². The minimum Gasteiger partial charge on any atom is -0.392 e. The molecule has 0 saturated heterocycles. The van der Waals surface area contributed by atoms with Gasteiger partial charge in [-0.15, -0.1) is 0 Å². The highest BCUT2D eigenvalue weighted by atomic mass is 16.2. The molecular weight excluding hydrogens is 218 g/mol. The smallest absolute Gasteiger partial charge is 0.271 e. The lowest BCUT2D eigenvalue weighted by Gasteiger charge is -2.05. The summed E-state index contributed by atoms with van der Waals surface area (Å²) in [6.45, 7) is -0.0134. The second-order valence-corrected chi connectivity index (χ2v) is 3.29. The number of aldehydes is 1. The van der Waals surface area contributed by atoms with Gasteiger partial charge in [0.2, 0.25) is 0 Å². The van der Waals surface area contributed by atoms with Gasteiger partial charge in [-0.25, -0.2) is 4.99 Å². The molecule has 1 rings (SSSR count). The van der Waals surface area contributed by atoms with Crippen molar-refractivity contribution in [3.8, 4) is 0 Å². The lowest BCUT2D eigenvalue weighted by atomic mass is 10.1. The van der Waals surface area contributed by atoms with Crippen molar-refractivity contribution >= 4 is 17.9 Å². The van der Waals surface area contributed by atoms with E-state index in [1.54, 1.807) is 7.05 Å². The van der Waals surface area contributed by atoms with Crippen LogP contribution in [0.2, 0.25) is 0 Å². The van der Waals surface area contributed by atoms with Crippen molar-refractivity contribution in [1.29, 1.82) is 0 Å². The standard InChI is InChI=1S/C12H15N3O2/c1-13-9-11(12(17)14-7-8-16)15-10-5-3-2-4-6-10/h2-5,8-9,13H,6-7H2,1H3,(H,14,17)/b11-9-,15-10?. The summed E-state index contributed by atoms with van der Waals surface area (Å²) in [7, 11) is 1.68. The first kappa shape index (κ1) is 12.9. The summed E-state index contributed by atoms with van der Waals surface area (Å²) in [5, 5.41) is 5.20. The van der Waals surface area contributed by atoms with Gasteiger partial charge in [-0.1, -0.05) is 18.2 Å². The molecule has 0 aromatic rings. The topological polar surface area (TPSA) is 70.6 Å². The first-order chi connectivity index (χ1) is 8.27. The summed E-state index contributed by atoms with van der Waals surface area (Å²) in [5.41, 5.74) is 1.06. The second-order valence-electron chi connectivity index (χ2n) is 3.29. The minimum atomic E-state index is -0.373. The van der Waals surface area contributed by atoms with Gasteiger partial charge in [0.25, 0.3) is 5.91 Å². The molecule has 0 heterocycles. The number of carbonyl (C=O) groups is 2. The average molecular weight is 233 g/mol. The average Bonchev–Trinajstić information content (AvgIpc) is 2.36. The molecule has 0 unspecified atom stereocenters. The van der Waals surface area contributed by atoms with Gasteiger partial charge in [0, 0.05) is 25.4 Å². The SMILES string of the molecule is CN/C=C(\N=C1C=CC=CC1)C(=O)NCC=O. The third-order valence-corrected chi connectivity index (χ3v) is 1.99. The van der Waals surface area contributed by atoms with Gasteiger partial charge in [-0.2, -0.15) is 0 Å². The van der Waals surface area contributed by atoms with E-state index in [2.05, 4.69) is 15.6 Å². The number of nitrogens with zero attached hydrogens (tertiary/aromatic N) is 1. The number of rotatable bonds is 5. The van der Waals surface area contributed by atoms with E-state index >= 15 is 0 Å². The molecule has 0 saturated carbocycles. The van der Waals surface area contributed by atoms with Crippen LogP contribution in [0.25, 0.3) is 0 Å². The van der Waals surface area contributed by atoms with Crippen LogP contribution in [0, 0.1) is 0 Å². The largest absolute Gasteiger partial charge is 0.392 e. The zero-order valence-electron chi connectivity index (χ0n) is 9.64. The number of hydrogen-bond donors (Lipinski definition) is 2. The van der Waals surface area contributed by atoms with Crippen LogP contribution in [0.3, 0.4) is 0 Å². The van der Waals surface area contributed by atoms with E-state index in [4.69, 9.17) is 0 Å². The summed E-state index contributed by atoms with van der Waals surface area (Å²) < 4.78 is 0. The van der Waals surface area contributed by atoms with Crippen molar-refractivity contribution in [1.82, 2.24) is 10.6 Å². The molecule has 17 heavy (non-hydrogen) atoms. The lowest BCUT2D eigenvalue weighted by molar-refractivity contribution is -0.119. The molecule has 5 heteroatoms. The molecule has 0 atom stereocenters. The Hall–Kier alpha value is -2.17. The first-order valence-corrected chi connectivity index (χ1v) is 5.28. The summed E-state index contributed by atoms with van der Waals surface area (Å²) in [6, 6.07) is 0. The molecule has 90 valence electrons. The van der Waals surface area contributed by atoms with Crippen molar-refractivity contribution < 1.29 is 9.59 Å². The Kier molecular flexibility index (Phi) is 5.43. The number of carbonyl (C=O) groups excluding carboxylic acids is 2. The van der Waals surface area contributed by atoms with Gasteiger partial charge < -0.3 is 15.4 Å². The maximum absolute atomic E-state index is 11.6. The van der Waals surface area contributed by atoms with E-state index in [9.17, 15) is 9.59 Å². The van der Waals surface area contributed by atoms with Crippen molar-refractivity contribution in [3.05, 3.63) is 36.2 Å². The Morgan fingerprint density at radius 2 is 2.35 bits per heavy atom. The molecule has 0 radical (unpaired) electrons. The van der Waals surface area contributed by atoms with Crippen LogP contribution < -0.4 is 10.6 Å². The van der Waals surface area contributed by atoms with Gasteiger partial charge >= 0.3 is 0 Å². The van der Waals surface area contributed by atoms with Crippen molar-refractivity contribution in [2.75, 3.05) is 13.6 Å². The molecule has 5 nitrogen and oxygen atoms in total. The van der Waals surface area contributed by atoms with Gasteiger partial charge in [0.15, 0.2) is 0 Å². The highest BCUT2D eigenvalue weighted by molar-refractivity contribution is 6.02. The zero-order valence-corrected chi connectivity index (χ0v) is 9.64. The summed E-state index contributed by atoms with van der Waals surface area (Å²) in [4.78, 5) is 26.0. The first-order valence-electron chi connectivity index (χ1n) is 5.28. The van der Waals surface area contributed by atoms with Crippen LogP contribution in [-0.2, 0) is 9.59 Å². The Morgan fingerprint density at radius 1 is 1.53 bits per heavy atom. The van der Waals surface area contributed by atoms with Crippen LogP contribution in [-0.4, -0.2) is 31.5 Å². The Labute approximate surface area is 100.0 Å². The minimum absolute atomic E-state index is 0.0134. The third kappa shape index (κ3) is 4.46. The van der Waals surface area contributed by atoms with Crippen LogP contribution in [0.4, 0.5) is 0 Å². The van der Waals surface area contributed by atoms with E-state index in [1.807, 2.05) is 24.3 Å². The van der Waals surface area contributed by atoms with Crippen molar-refractivity contribution in [3.63, 3.8) is 0 Å². The maximum Gasteiger partial charge on any atom is 0.271 e. The highest BCUT2D eigenvalue weighted by Gasteiger charge is 2.08. The molecule has 2 N–H and O–H groups in total. The van der Waals surface area contributed by atoms with Crippen LogP contribution in [0.5, 0.6) is 0 Å². The molecule has 1 aliphatic rings. The molecule has 1 aliphatic carbocycles. The fourth-order valence-corrected chi connectivity index (χ4v) is 1.25. The van der Waals surface area contributed by atoms with Gasteiger partial charge in [-0.3, -0.25) is 4.79 Å². The summed E-state index contributed by atoms with van der Waals surface area (Å²) in [6.07, 6.45) is 10.4. The van der Waals surface area contributed by atoms with Crippen molar-refractivity contribution in [2.24, 2.45) is 4.99 Å². The Bertz CT molecular complexity index is 406. The predicted octanol–water partition coefficient (Wildman–Crippen LogP) is 0.319. The Morgan fingerprint density at radius 3 is 2.94 bits per heavy atom. The highest BCUT2D eigenvalue weighted by Crippen LogP contribution is 2.04. The number of nitrogens with one attached hydrogen (secondary N) is 2. The fourth-order valence-electron chi connectivity index (χ4n) is 1.25. The number of aliphatic imine (C=N–C) groups is 1. The summed E-state index contributed by atoms with van der Waals surface area (Å²) >= 11 is 0. The molecular formula is C12H15N3O2. The summed E-state index contributed by atoms with van der Waals surface area (Å²) in [5.74, 6) is -0.373. The lowest BCUT2D eigenvalue weighted by Crippen LogP contribution is -2.27. The molecule has 0 bridgehead atoms. The van der Waals surface area contributed by atoms with E-state index in [0.29, 0.717) is 12.7 Å². The number of amides is 1. The molecule has 0 aromatic carbocycles. The monoisotopic (exact) mass is 233 g/mol. The third-order valence-electron chi connectivity index (χ3n) is 1.99. The molecule has 0 aromatic heterocycles. The molecule has 0 aliphatic heterocycles. The normalized spacial score (nSPS) is 17.0. The number of hydrogen-bond acceptors (Lipinski definition) is 4. The molecule has 0 spiro atoms. The van der Waals surface area contributed by atoms with Gasteiger partial charge in [0.05, 0.1) is 6.54 Å². The van der Waals surface area contributed by atoms with Gasteiger partial charge in [0.1, 0.15) is 12.0 Å². The van der Waals surface area contributed by atoms with E-state index in [1.165, 1.54) is 6.20 Å². The number of allylic oxidation sites excluding steroid dienone is 4. The predicted molar refractivity (Wildman–Crippen MR) is 66.5 cm³/mol. The van der Waals surface area contributed by atoms with Crippen LogP contribution >= 0.6 is 0 Å².